The van der Waals surface area contributed by atoms with Gasteiger partial charge in [0.25, 0.3) is 0 Å². The Bertz CT molecular complexity index is 590. The highest BCUT2D eigenvalue weighted by Crippen LogP contribution is 2.37. The minimum absolute atomic E-state index is 0.0133. The van der Waals surface area contributed by atoms with Crippen molar-refractivity contribution in [3.05, 3.63) is 17.0 Å². The van der Waals surface area contributed by atoms with Gasteiger partial charge >= 0.3 is 6.03 Å². The quantitative estimate of drug-likeness (QED) is 0.893. The number of hydrogen-bond acceptors (Lipinski definition) is 3. The Morgan fingerprint density at radius 2 is 2.00 bits per heavy atom. The third-order valence-corrected chi connectivity index (χ3v) is 4.70. The van der Waals surface area contributed by atoms with E-state index in [1.165, 1.54) is 5.56 Å². The summed E-state index contributed by atoms with van der Waals surface area (Å²) in [5.41, 5.74) is 2.83. The molecule has 2 N–H and O–H groups in total. The van der Waals surface area contributed by atoms with Gasteiger partial charge in [0.05, 0.1) is 22.9 Å². The van der Waals surface area contributed by atoms with Gasteiger partial charge in [-0.1, -0.05) is 0 Å². The van der Waals surface area contributed by atoms with Gasteiger partial charge in [-0.25, -0.2) is 4.79 Å². The number of nitrogens with zero attached hydrogens (tertiary/aromatic N) is 2. The molecule has 0 aliphatic carbocycles. The lowest BCUT2D eigenvalue weighted by atomic mass is 9.95. The lowest BCUT2D eigenvalue weighted by Gasteiger charge is -2.27. The number of nitrogens with one attached hydrogen (secondary N) is 2. The molecule has 1 aromatic heterocycles. The number of hydrogen-bond donors (Lipinski definition) is 2. The maximum absolute atomic E-state index is 12.2. The third kappa shape index (κ3) is 4.05. The fourth-order valence-electron chi connectivity index (χ4n) is 3.48. The Labute approximate surface area is 139 Å². The van der Waals surface area contributed by atoms with E-state index in [1.807, 2.05) is 32.5 Å². The van der Waals surface area contributed by atoms with Crippen molar-refractivity contribution in [3.8, 4) is 0 Å². The summed E-state index contributed by atoms with van der Waals surface area (Å²) < 4.78 is 7.88. The number of aryl methyl sites for hydroxylation is 2. The molecule has 1 fully saturated rings. The Kier molecular flexibility index (Phi) is 4.76. The molecule has 23 heavy (non-hydrogen) atoms. The smallest absolute Gasteiger partial charge is 0.315 e. The first-order valence-corrected chi connectivity index (χ1v) is 8.25. The zero-order chi connectivity index (χ0) is 17.4. The summed E-state index contributed by atoms with van der Waals surface area (Å²) in [5, 5.41) is 10.4. The van der Waals surface area contributed by atoms with E-state index in [0.29, 0.717) is 6.54 Å². The molecule has 1 aliphatic rings. The molecule has 6 heteroatoms. The number of urea groups is 1. The standard InChI is InChI=1S/C17H30N4O2/c1-11-13(12(2)21(7)20-11)8-9-18-15(22)19-14-10-16(3,4)23-17(14,5)6/h14H,8-10H2,1-7H3,(H2,18,19,22). The van der Waals surface area contributed by atoms with E-state index in [0.717, 1.165) is 24.2 Å². The first kappa shape index (κ1) is 17.8. The van der Waals surface area contributed by atoms with Crippen LogP contribution in [0.25, 0.3) is 0 Å². The average Bonchev–Trinajstić information content (AvgIpc) is 2.74. The van der Waals surface area contributed by atoms with Crippen LogP contribution in [0.5, 0.6) is 0 Å². The highest BCUT2D eigenvalue weighted by atomic mass is 16.5. The van der Waals surface area contributed by atoms with Crippen LogP contribution in [-0.4, -0.2) is 39.6 Å². The number of carbonyl (C=O) groups is 1. The number of aromatic nitrogens is 2. The lowest BCUT2D eigenvalue weighted by molar-refractivity contribution is -0.0690. The van der Waals surface area contributed by atoms with Crippen molar-refractivity contribution in [2.24, 2.45) is 7.05 Å². The van der Waals surface area contributed by atoms with Crippen molar-refractivity contribution in [2.75, 3.05) is 6.54 Å². The minimum Gasteiger partial charge on any atom is -0.367 e. The van der Waals surface area contributed by atoms with Crippen LogP contribution in [0.1, 0.15) is 51.1 Å². The molecule has 1 atom stereocenters. The van der Waals surface area contributed by atoms with Crippen molar-refractivity contribution in [1.82, 2.24) is 20.4 Å². The predicted octanol–water partition coefficient (Wildman–Crippen LogP) is 2.22. The Balaban J connectivity index is 1.84. The van der Waals surface area contributed by atoms with E-state index in [2.05, 4.69) is 36.5 Å². The molecule has 1 saturated heterocycles. The zero-order valence-electron chi connectivity index (χ0n) is 15.4. The average molecular weight is 322 g/mol. The normalized spacial score (nSPS) is 22.1. The van der Waals surface area contributed by atoms with Crippen LogP contribution >= 0.6 is 0 Å². The maximum Gasteiger partial charge on any atom is 0.315 e. The number of amides is 2. The molecule has 2 amide bonds. The summed E-state index contributed by atoms with van der Waals surface area (Å²) >= 11 is 0. The summed E-state index contributed by atoms with van der Waals surface area (Å²) in [4.78, 5) is 12.2. The van der Waals surface area contributed by atoms with E-state index in [4.69, 9.17) is 4.74 Å². The monoisotopic (exact) mass is 322 g/mol. The van der Waals surface area contributed by atoms with Crippen LogP contribution in [0.2, 0.25) is 0 Å². The van der Waals surface area contributed by atoms with Gasteiger partial charge in [-0.2, -0.15) is 5.10 Å². The first-order valence-electron chi connectivity index (χ1n) is 8.25. The second-order valence-electron chi connectivity index (χ2n) is 7.65. The summed E-state index contributed by atoms with van der Waals surface area (Å²) in [6.07, 6.45) is 1.60. The van der Waals surface area contributed by atoms with Crippen molar-refractivity contribution in [3.63, 3.8) is 0 Å². The molecule has 1 aromatic rings. The molecule has 2 heterocycles. The summed E-state index contributed by atoms with van der Waals surface area (Å²) in [7, 11) is 1.94. The van der Waals surface area contributed by atoms with E-state index in [9.17, 15) is 4.79 Å². The minimum atomic E-state index is -0.350. The van der Waals surface area contributed by atoms with Crippen LogP contribution in [-0.2, 0) is 18.2 Å². The highest BCUT2D eigenvalue weighted by molar-refractivity contribution is 5.74. The van der Waals surface area contributed by atoms with Gasteiger partial charge in [0.2, 0.25) is 0 Å². The van der Waals surface area contributed by atoms with Crippen LogP contribution in [0.4, 0.5) is 4.79 Å². The van der Waals surface area contributed by atoms with E-state index in [1.54, 1.807) is 0 Å². The highest BCUT2D eigenvalue weighted by Gasteiger charge is 2.46. The van der Waals surface area contributed by atoms with Gasteiger partial charge in [0, 0.05) is 19.3 Å². The zero-order valence-corrected chi connectivity index (χ0v) is 15.4. The van der Waals surface area contributed by atoms with Crippen molar-refractivity contribution in [1.29, 1.82) is 0 Å². The van der Waals surface area contributed by atoms with E-state index in [-0.39, 0.29) is 23.3 Å². The Hall–Kier alpha value is -1.56. The van der Waals surface area contributed by atoms with Gasteiger partial charge in [0.1, 0.15) is 0 Å². The van der Waals surface area contributed by atoms with Crippen LogP contribution in [0.15, 0.2) is 0 Å². The fraction of sp³-hybridized carbons (Fsp3) is 0.765. The first-order chi connectivity index (χ1) is 10.5. The fourth-order valence-corrected chi connectivity index (χ4v) is 3.48. The SMILES string of the molecule is Cc1nn(C)c(C)c1CCNC(=O)NC1CC(C)(C)OC1(C)C. The number of carbonyl (C=O) groups excluding carboxylic acids is 1. The summed E-state index contributed by atoms with van der Waals surface area (Å²) in [5.74, 6) is 0. The molecule has 6 nitrogen and oxygen atoms in total. The molecule has 0 saturated carbocycles. The Morgan fingerprint density at radius 1 is 1.35 bits per heavy atom. The topological polar surface area (TPSA) is 68.2 Å². The van der Waals surface area contributed by atoms with Gasteiger partial charge in [-0.15, -0.1) is 0 Å². The molecular formula is C17H30N4O2. The van der Waals surface area contributed by atoms with Crippen LogP contribution in [0, 0.1) is 13.8 Å². The molecule has 0 aromatic carbocycles. The van der Waals surface area contributed by atoms with Crippen molar-refractivity contribution < 1.29 is 9.53 Å². The lowest BCUT2D eigenvalue weighted by Crippen LogP contribution is -2.50. The van der Waals surface area contributed by atoms with Crippen LogP contribution < -0.4 is 10.6 Å². The summed E-state index contributed by atoms with van der Waals surface area (Å²) in [6.45, 7) is 12.8. The summed E-state index contributed by atoms with van der Waals surface area (Å²) in [6, 6.07) is -0.122. The predicted molar refractivity (Wildman–Crippen MR) is 90.6 cm³/mol. The van der Waals surface area contributed by atoms with Gasteiger partial charge in [0.15, 0.2) is 0 Å². The molecule has 130 valence electrons. The van der Waals surface area contributed by atoms with Gasteiger partial charge in [-0.3, -0.25) is 4.68 Å². The molecule has 2 rings (SSSR count). The molecule has 0 spiro atoms. The van der Waals surface area contributed by atoms with Crippen molar-refractivity contribution >= 4 is 6.03 Å². The Morgan fingerprint density at radius 3 is 2.48 bits per heavy atom. The molecular weight excluding hydrogens is 292 g/mol. The molecule has 1 unspecified atom stereocenters. The van der Waals surface area contributed by atoms with Gasteiger partial charge < -0.3 is 15.4 Å². The second kappa shape index (κ2) is 6.15. The van der Waals surface area contributed by atoms with Crippen LogP contribution in [0.3, 0.4) is 0 Å². The molecule has 0 bridgehead atoms. The second-order valence-corrected chi connectivity index (χ2v) is 7.65. The third-order valence-electron chi connectivity index (χ3n) is 4.70. The largest absolute Gasteiger partial charge is 0.367 e. The number of rotatable bonds is 4. The van der Waals surface area contributed by atoms with Gasteiger partial charge in [-0.05, 0) is 59.9 Å². The van der Waals surface area contributed by atoms with Crippen molar-refractivity contribution in [2.45, 2.75) is 71.6 Å². The maximum atomic E-state index is 12.2. The number of ether oxygens (including phenoxy) is 1. The molecule has 1 aliphatic heterocycles. The van der Waals surface area contributed by atoms with E-state index < -0.39 is 0 Å². The molecule has 0 radical (unpaired) electrons. The van der Waals surface area contributed by atoms with E-state index >= 15 is 0 Å².